The fourth-order valence-corrected chi connectivity index (χ4v) is 2.96. The number of rotatable bonds is 1. The third-order valence-electron chi connectivity index (χ3n) is 3.56. The molecule has 3 heteroatoms. The molecule has 0 atom stereocenters. The van der Waals surface area contributed by atoms with Gasteiger partial charge < -0.3 is 4.74 Å². The number of carbonyl (C=O) groups is 1. The zero-order chi connectivity index (χ0) is 13.4. The van der Waals surface area contributed by atoms with Crippen molar-refractivity contribution in [1.29, 1.82) is 0 Å². The average Bonchev–Trinajstić information content (AvgIpc) is 2.43. The van der Waals surface area contributed by atoms with Gasteiger partial charge in [-0.3, -0.25) is 0 Å². The summed E-state index contributed by atoms with van der Waals surface area (Å²) in [5.41, 5.74) is 5.82. The Morgan fingerprint density at radius 3 is 2.37 bits per heavy atom. The van der Waals surface area contributed by atoms with Crippen LogP contribution in [0.2, 0.25) is 0 Å². The Morgan fingerprint density at radius 1 is 1.00 bits per heavy atom. The van der Waals surface area contributed by atoms with Crippen LogP contribution >= 0.6 is 15.9 Å². The minimum atomic E-state index is -0.275. The molecule has 19 heavy (non-hydrogen) atoms. The van der Waals surface area contributed by atoms with Crippen LogP contribution in [-0.2, 0) is 17.6 Å². The van der Waals surface area contributed by atoms with E-state index < -0.39 is 0 Å². The molecule has 96 valence electrons. The van der Waals surface area contributed by atoms with Crippen LogP contribution in [-0.4, -0.2) is 13.1 Å². The molecular formula is C16H13BrO2. The highest BCUT2D eigenvalue weighted by Gasteiger charge is 2.17. The highest BCUT2D eigenvalue weighted by molar-refractivity contribution is 9.10. The van der Waals surface area contributed by atoms with Crippen molar-refractivity contribution in [2.24, 2.45) is 0 Å². The van der Waals surface area contributed by atoms with Crippen LogP contribution in [0.25, 0.3) is 0 Å². The number of halogens is 1. The van der Waals surface area contributed by atoms with E-state index in [-0.39, 0.29) is 5.97 Å². The first-order valence-electron chi connectivity index (χ1n) is 6.15. The van der Waals surface area contributed by atoms with E-state index in [1.165, 1.54) is 29.4 Å². The van der Waals surface area contributed by atoms with Gasteiger partial charge in [0.1, 0.15) is 0 Å². The molecule has 0 aliphatic heterocycles. The predicted octanol–water partition coefficient (Wildman–Crippen LogP) is 3.73. The fraction of sp³-hybridized carbons (Fsp3) is 0.188. The van der Waals surface area contributed by atoms with E-state index in [1.807, 2.05) is 18.2 Å². The molecule has 0 amide bonds. The number of ether oxygens (including phenoxy) is 1. The molecule has 0 radical (unpaired) electrons. The SMILES string of the molecule is COC(=O)c1ccc2c(c1)Cc1cc(Br)ccc1C2. The van der Waals surface area contributed by atoms with Gasteiger partial charge in [0.25, 0.3) is 0 Å². The van der Waals surface area contributed by atoms with Crippen LogP contribution < -0.4 is 0 Å². The second kappa shape index (κ2) is 4.82. The third-order valence-corrected chi connectivity index (χ3v) is 4.05. The second-order valence-electron chi connectivity index (χ2n) is 4.74. The lowest BCUT2D eigenvalue weighted by molar-refractivity contribution is 0.0600. The Balaban J connectivity index is 2.01. The number of hydrogen-bond acceptors (Lipinski definition) is 2. The van der Waals surface area contributed by atoms with Crippen LogP contribution in [0.4, 0.5) is 0 Å². The predicted molar refractivity (Wildman–Crippen MR) is 77.5 cm³/mol. The first kappa shape index (κ1) is 12.4. The van der Waals surface area contributed by atoms with Gasteiger partial charge >= 0.3 is 5.97 Å². The van der Waals surface area contributed by atoms with Gasteiger partial charge in [0.2, 0.25) is 0 Å². The molecule has 0 saturated heterocycles. The Labute approximate surface area is 120 Å². The zero-order valence-corrected chi connectivity index (χ0v) is 12.2. The van der Waals surface area contributed by atoms with Crippen LogP contribution in [0.15, 0.2) is 40.9 Å². The zero-order valence-electron chi connectivity index (χ0n) is 10.6. The Hall–Kier alpha value is -1.61. The van der Waals surface area contributed by atoms with Crippen LogP contribution in [0.3, 0.4) is 0 Å². The molecule has 1 aliphatic carbocycles. The van der Waals surface area contributed by atoms with Crippen molar-refractivity contribution in [3.63, 3.8) is 0 Å². The minimum Gasteiger partial charge on any atom is -0.465 e. The maximum Gasteiger partial charge on any atom is 0.337 e. The van der Waals surface area contributed by atoms with E-state index in [2.05, 4.69) is 34.1 Å². The topological polar surface area (TPSA) is 26.3 Å². The Kier molecular flexibility index (Phi) is 3.15. The molecule has 0 unspecified atom stereocenters. The van der Waals surface area contributed by atoms with Crippen molar-refractivity contribution in [3.05, 3.63) is 68.7 Å². The summed E-state index contributed by atoms with van der Waals surface area (Å²) in [5.74, 6) is -0.275. The molecule has 3 rings (SSSR count). The van der Waals surface area contributed by atoms with Crippen molar-refractivity contribution in [2.75, 3.05) is 7.11 Å². The van der Waals surface area contributed by atoms with Crippen molar-refractivity contribution < 1.29 is 9.53 Å². The molecule has 0 bridgehead atoms. The van der Waals surface area contributed by atoms with Crippen molar-refractivity contribution in [1.82, 2.24) is 0 Å². The van der Waals surface area contributed by atoms with Gasteiger partial charge in [-0.1, -0.05) is 28.1 Å². The molecule has 2 aromatic rings. The van der Waals surface area contributed by atoms with E-state index in [4.69, 9.17) is 4.74 Å². The van der Waals surface area contributed by atoms with Crippen LogP contribution in [0, 0.1) is 0 Å². The molecule has 0 fully saturated rings. The molecular weight excluding hydrogens is 304 g/mol. The van der Waals surface area contributed by atoms with E-state index in [0.717, 1.165) is 17.3 Å². The molecule has 0 aromatic heterocycles. The summed E-state index contributed by atoms with van der Waals surface area (Å²) in [4.78, 5) is 11.6. The Bertz CT molecular complexity index is 662. The standard InChI is InChI=1S/C16H13BrO2/c1-19-16(18)12-3-2-10-6-11-4-5-15(17)9-14(11)8-13(10)7-12/h2-5,7,9H,6,8H2,1H3. The summed E-state index contributed by atoms with van der Waals surface area (Å²) in [7, 11) is 1.41. The molecule has 2 aromatic carbocycles. The number of esters is 1. The first-order valence-corrected chi connectivity index (χ1v) is 6.94. The maximum atomic E-state index is 11.6. The van der Waals surface area contributed by atoms with Gasteiger partial charge in [-0.05, 0) is 59.4 Å². The summed E-state index contributed by atoms with van der Waals surface area (Å²) in [6.45, 7) is 0. The number of fused-ring (bicyclic) bond motifs is 2. The normalized spacial score (nSPS) is 12.5. The summed E-state index contributed by atoms with van der Waals surface area (Å²) in [5, 5.41) is 0. The largest absolute Gasteiger partial charge is 0.465 e. The van der Waals surface area contributed by atoms with Gasteiger partial charge in [-0.15, -0.1) is 0 Å². The number of benzene rings is 2. The molecule has 1 aliphatic rings. The van der Waals surface area contributed by atoms with Crippen molar-refractivity contribution in [2.45, 2.75) is 12.8 Å². The van der Waals surface area contributed by atoms with Crippen molar-refractivity contribution >= 4 is 21.9 Å². The lowest BCUT2D eigenvalue weighted by atomic mass is 9.85. The fourth-order valence-electron chi connectivity index (χ4n) is 2.55. The summed E-state index contributed by atoms with van der Waals surface area (Å²) in [6, 6.07) is 12.2. The van der Waals surface area contributed by atoms with E-state index in [0.29, 0.717) is 5.56 Å². The smallest absolute Gasteiger partial charge is 0.337 e. The van der Waals surface area contributed by atoms with Gasteiger partial charge in [0.15, 0.2) is 0 Å². The average molecular weight is 317 g/mol. The molecule has 0 heterocycles. The summed E-state index contributed by atoms with van der Waals surface area (Å²) in [6.07, 6.45) is 1.80. The number of methoxy groups -OCH3 is 1. The van der Waals surface area contributed by atoms with Gasteiger partial charge in [-0.2, -0.15) is 0 Å². The minimum absolute atomic E-state index is 0.275. The monoisotopic (exact) mass is 316 g/mol. The van der Waals surface area contributed by atoms with Crippen LogP contribution in [0.1, 0.15) is 32.6 Å². The second-order valence-corrected chi connectivity index (χ2v) is 5.66. The van der Waals surface area contributed by atoms with Gasteiger partial charge in [0, 0.05) is 4.47 Å². The molecule has 2 nitrogen and oxygen atoms in total. The number of carbonyl (C=O) groups excluding carboxylic acids is 1. The summed E-state index contributed by atoms with van der Waals surface area (Å²) >= 11 is 3.51. The molecule has 0 spiro atoms. The molecule has 0 N–H and O–H groups in total. The van der Waals surface area contributed by atoms with Crippen molar-refractivity contribution in [3.8, 4) is 0 Å². The lowest BCUT2D eigenvalue weighted by Crippen LogP contribution is -2.10. The van der Waals surface area contributed by atoms with Gasteiger partial charge in [0.05, 0.1) is 12.7 Å². The quantitative estimate of drug-likeness (QED) is 0.639. The van der Waals surface area contributed by atoms with Crippen LogP contribution in [0.5, 0.6) is 0 Å². The lowest BCUT2D eigenvalue weighted by Gasteiger charge is -2.20. The third kappa shape index (κ3) is 2.30. The molecule has 0 saturated carbocycles. The summed E-state index contributed by atoms with van der Waals surface area (Å²) < 4.78 is 5.87. The van der Waals surface area contributed by atoms with E-state index in [1.54, 1.807) is 0 Å². The highest BCUT2D eigenvalue weighted by atomic mass is 79.9. The Morgan fingerprint density at radius 2 is 1.63 bits per heavy atom. The van der Waals surface area contributed by atoms with E-state index in [9.17, 15) is 4.79 Å². The number of hydrogen-bond donors (Lipinski definition) is 0. The maximum absolute atomic E-state index is 11.6. The van der Waals surface area contributed by atoms with E-state index >= 15 is 0 Å². The van der Waals surface area contributed by atoms with Gasteiger partial charge in [-0.25, -0.2) is 4.79 Å². The highest BCUT2D eigenvalue weighted by Crippen LogP contribution is 2.29. The first-order chi connectivity index (χ1) is 9.17.